The number of carbonyl (C=O) groups is 2. The van der Waals surface area contributed by atoms with E-state index in [0.29, 0.717) is 43.4 Å². The first kappa shape index (κ1) is 34.0. The van der Waals surface area contributed by atoms with Gasteiger partial charge in [0.25, 0.3) is 5.91 Å². The van der Waals surface area contributed by atoms with Crippen LogP contribution in [-0.2, 0) is 31.3 Å². The first-order valence-electron chi connectivity index (χ1n) is 16.8. The highest BCUT2D eigenvalue weighted by Gasteiger charge is 2.44. The number of benzene rings is 2. The Balaban J connectivity index is 1.40. The van der Waals surface area contributed by atoms with E-state index in [2.05, 4.69) is 38.3 Å². The molecule has 1 N–H and O–H groups in total. The fraction of sp³-hybridized carbons (Fsp3) is 0.556. The van der Waals surface area contributed by atoms with Crippen LogP contribution in [0.5, 0.6) is 5.75 Å². The Morgan fingerprint density at radius 2 is 2.06 bits per heavy atom. The zero-order valence-corrected chi connectivity index (χ0v) is 29.3. The van der Waals surface area contributed by atoms with E-state index in [4.69, 9.17) is 21.1 Å². The summed E-state index contributed by atoms with van der Waals surface area (Å²) in [6.07, 6.45) is 10.7. The van der Waals surface area contributed by atoms with E-state index in [-0.39, 0.29) is 29.6 Å². The number of halogens is 1. The van der Waals surface area contributed by atoms with Crippen LogP contribution in [0.3, 0.4) is 0 Å². The predicted octanol–water partition coefficient (Wildman–Crippen LogP) is 5.80. The van der Waals surface area contributed by atoms with Crippen molar-refractivity contribution in [2.45, 2.75) is 62.9 Å². The van der Waals surface area contributed by atoms with Gasteiger partial charge < -0.3 is 19.3 Å². The molecule has 1 spiro atoms. The molecule has 1 unspecified atom stereocenters. The minimum atomic E-state index is -3.35. The number of nitrogens with zero attached hydrogens (tertiary/aromatic N) is 3. The second-order valence-electron chi connectivity index (χ2n) is 13.9. The summed E-state index contributed by atoms with van der Waals surface area (Å²) >= 11 is 6.44. The molecular formula is C36H47ClN4O5S. The summed E-state index contributed by atoms with van der Waals surface area (Å²) in [6, 6.07) is 11.6. The van der Waals surface area contributed by atoms with Crippen LogP contribution in [0, 0.1) is 11.8 Å². The molecule has 0 saturated heterocycles. The number of rotatable bonds is 5. The van der Waals surface area contributed by atoms with Crippen molar-refractivity contribution in [1.82, 2.24) is 9.62 Å². The number of methoxy groups -OCH3 is 1. The fourth-order valence-corrected chi connectivity index (χ4v) is 9.49. The van der Waals surface area contributed by atoms with Gasteiger partial charge in [-0.1, -0.05) is 29.8 Å². The van der Waals surface area contributed by atoms with Crippen LogP contribution in [-0.4, -0.2) is 80.2 Å². The topological polar surface area (TPSA) is 101 Å². The Morgan fingerprint density at radius 3 is 2.83 bits per heavy atom. The molecule has 0 aromatic heterocycles. The maximum Gasteiger partial charge on any atom is 0.286 e. The van der Waals surface area contributed by atoms with Crippen molar-refractivity contribution in [3.63, 3.8) is 0 Å². The van der Waals surface area contributed by atoms with Gasteiger partial charge in [0.05, 0.1) is 24.2 Å². The summed E-state index contributed by atoms with van der Waals surface area (Å²) in [5.41, 5.74) is 3.49. The Bertz CT molecular complexity index is 1650. The van der Waals surface area contributed by atoms with E-state index >= 15 is 0 Å². The lowest BCUT2D eigenvalue weighted by molar-refractivity contribution is -0.119. The van der Waals surface area contributed by atoms with Crippen molar-refractivity contribution in [1.29, 1.82) is 0 Å². The van der Waals surface area contributed by atoms with Gasteiger partial charge in [-0.25, -0.2) is 4.21 Å². The molecule has 11 heteroatoms. The standard InChI is InChI=1S/C36H47ClN4O5S/c1-40(2)18-16-34(42)38-47(44)19-6-4-5-9-32(45-3)29-13-10-27(29)22-41-23-36(17-7-8-25-20-28(37)12-14-30(25)36)24-46-33-15-11-26(21-31(33)41)35(43)39-47/h5,9,11-12,14-15,20-21,27,29,32H,4,6-8,10,13,16-19,22-24H2,1-3H3,(H,38,39,42,43,44)/b9-5-/t27-,29+,32-,36-,47?/m0/s1. The summed E-state index contributed by atoms with van der Waals surface area (Å²) < 4.78 is 33.5. The maximum atomic E-state index is 14.1. The molecule has 2 aliphatic heterocycles. The van der Waals surface area contributed by atoms with Crippen molar-refractivity contribution in [3.05, 3.63) is 70.3 Å². The molecule has 1 fully saturated rings. The third-order valence-electron chi connectivity index (χ3n) is 10.3. The van der Waals surface area contributed by atoms with Crippen LogP contribution >= 0.6 is 11.6 Å². The lowest BCUT2D eigenvalue weighted by Crippen LogP contribution is -2.49. The van der Waals surface area contributed by atoms with Crippen molar-refractivity contribution >= 4 is 39.0 Å². The van der Waals surface area contributed by atoms with Crippen LogP contribution in [0.1, 0.15) is 66.4 Å². The van der Waals surface area contributed by atoms with Gasteiger partial charge in [0.2, 0.25) is 5.91 Å². The zero-order valence-electron chi connectivity index (χ0n) is 27.7. The zero-order chi connectivity index (χ0) is 33.2. The highest BCUT2D eigenvalue weighted by atomic mass is 35.5. The molecule has 5 atom stereocenters. The van der Waals surface area contributed by atoms with Gasteiger partial charge in [0.1, 0.15) is 15.7 Å². The van der Waals surface area contributed by atoms with Gasteiger partial charge in [-0.2, -0.15) is 0 Å². The highest BCUT2D eigenvalue weighted by molar-refractivity contribution is 7.92. The second kappa shape index (κ2) is 14.3. The van der Waals surface area contributed by atoms with Crippen LogP contribution in [0.2, 0.25) is 5.02 Å². The quantitative estimate of drug-likeness (QED) is 0.398. The molecule has 0 radical (unpaired) electrons. The van der Waals surface area contributed by atoms with Gasteiger partial charge in [-0.05, 0) is 112 Å². The molecule has 47 heavy (non-hydrogen) atoms. The molecule has 254 valence electrons. The number of aryl methyl sites for hydroxylation is 1. The van der Waals surface area contributed by atoms with Crippen molar-refractivity contribution in [3.8, 4) is 5.75 Å². The first-order chi connectivity index (χ1) is 22.6. The number of fused-ring (bicyclic) bond motifs is 4. The number of hydrogen-bond donors (Lipinski definition) is 1. The summed E-state index contributed by atoms with van der Waals surface area (Å²) in [6.45, 7) is 2.55. The number of amides is 2. The van der Waals surface area contributed by atoms with E-state index in [0.717, 1.165) is 61.7 Å². The first-order valence-corrected chi connectivity index (χ1v) is 18.9. The van der Waals surface area contributed by atoms with Crippen LogP contribution in [0.25, 0.3) is 0 Å². The van der Waals surface area contributed by atoms with Gasteiger partial charge >= 0.3 is 0 Å². The average Bonchev–Trinajstić information content (AvgIpc) is 3.17. The number of allylic oxidation sites excluding steroid dienone is 1. The number of hydrogen-bond acceptors (Lipinski definition) is 7. The smallest absolute Gasteiger partial charge is 0.286 e. The number of anilines is 1. The Hall–Kier alpha value is -2.92. The molecule has 2 bridgehead atoms. The molecule has 1 saturated carbocycles. The minimum absolute atomic E-state index is 0.0245. The van der Waals surface area contributed by atoms with E-state index in [1.165, 1.54) is 11.1 Å². The Labute approximate surface area is 284 Å². The predicted molar refractivity (Wildman–Crippen MR) is 187 cm³/mol. The van der Waals surface area contributed by atoms with Crippen molar-refractivity contribution in [2.75, 3.05) is 58.1 Å². The largest absolute Gasteiger partial charge is 0.490 e. The second-order valence-corrected chi connectivity index (χ2v) is 16.4. The van der Waals surface area contributed by atoms with Crippen molar-refractivity contribution in [2.24, 2.45) is 16.2 Å². The SMILES string of the molecule is CO[C@H]1/C=C\CCCS(=O)(NC(=O)CCN(C)C)=NC(=O)c2ccc3c(c2)N(C[C@@H]2CC[C@H]21)C[C@@]1(CCCc2cc(Cl)ccc21)CO3. The van der Waals surface area contributed by atoms with Gasteiger partial charge in [-0.15, -0.1) is 4.36 Å². The summed E-state index contributed by atoms with van der Waals surface area (Å²) in [7, 11) is 2.15. The van der Waals surface area contributed by atoms with E-state index < -0.39 is 15.8 Å². The molecule has 6 rings (SSSR count). The van der Waals surface area contributed by atoms with Crippen LogP contribution < -0.4 is 14.4 Å². The molecule has 2 aromatic carbocycles. The summed E-state index contributed by atoms with van der Waals surface area (Å²) in [5, 5.41) is 0.747. The third-order valence-corrected chi connectivity index (χ3v) is 12.4. The molecular weight excluding hydrogens is 636 g/mol. The van der Waals surface area contributed by atoms with E-state index in [1.807, 2.05) is 37.2 Å². The third kappa shape index (κ3) is 7.56. The lowest BCUT2D eigenvalue weighted by atomic mass is 9.68. The lowest BCUT2D eigenvalue weighted by Gasteiger charge is -2.46. The van der Waals surface area contributed by atoms with Crippen LogP contribution in [0.15, 0.2) is 52.9 Å². The Morgan fingerprint density at radius 1 is 1.21 bits per heavy atom. The summed E-state index contributed by atoms with van der Waals surface area (Å²) in [4.78, 5) is 30.8. The molecule has 2 aliphatic carbocycles. The van der Waals surface area contributed by atoms with Crippen LogP contribution in [0.4, 0.5) is 5.69 Å². The normalized spacial score (nSPS) is 29.9. The fourth-order valence-electron chi connectivity index (χ4n) is 7.67. The molecule has 9 nitrogen and oxygen atoms in total. The number of carbonyl (C=O) groups excluding carboxylic acids is 2. The average molecular weight is 683 g/mol. The number of ether oxygens (including phenoxy) is 2. The highest BCUT2D eigenvalue weighted by Crippen LogP contribution is 2.47. The molecule has 2 aromatic rings. The van der Waals surface area contributed by atoms with Gasteiger partial charge in [-0.3, -0.25) is 14.3 Å². The molecule has 4 aliphatic rings. The minimum Gasteiger partial charge on any atom is -0.490 e. The monoisotopic (exact) mass is 682 g/mol. The number of nitrogens with one attached hydrogen (secondary N) is 1. The van der Waals surface area contributed by atoms with E-state index in [1.54, 1.807) is 13.2 Å². The molecule has 2 heterocycles. The van der Waals surface area contributed by atoms with Gasteiger partial charge in [0, 0.05) is 49.2 Å². The van der Waals surface area contributed by atoms with E-state index in [9.17, 15) is 13.8 Å². The Kier molecular flexibility index (Phi) is 10.3. The molecule has 2 amide bonds. The summed E-state index contributed by atoms with van der Waals surface area (Å²) in [5.74, 6) is 0.580. The maximum absolute atomic E-state index is 14.1. The van der Waals surface area contributed by atoms with Gasteiger partial charge in [0.15, 0.2) is 0 Å². The van der Waals surface area contributed by atoms with Crippen molar-refractivity contribution < 1.29 is 23.3 Å².